The van der Waals surface area contributed by atoms with Crippen LogP contribution in [0.25, 0.3) is 0 Å². The Morgan fingerprint density at radius 2 is 1.95 bits per heavy atom. The molecule has 2 fully saturated rings. The lowest BCUT2D eigenvalue weighted by molar-refractivity contribution is 0.0940. The van der Waals surface area contributed by atoms with Crippen LogP contribution in [0.5, 0.6) is 0 Å². The number of hydrogen-bond donors (Lipinski definition) is 1. The third kappa shape index (κ3) is 4.10. The Balaban J connectivity index is 1.67. The van der Waals surface area contributed by atoms with Crippen molar-refractivity contribution >= 4 is 6.09 Å². The fourth-order valence-electron chi connectivity index (χ4n) is 3.28. The molecule has 1 aliphatic heterocycles. The normalized spacial score (nSPS) is 23.6. The second-order valence-corrected chi connectivity index (χ2v) is 6.36. The highest BCUT2D eigenvalue weighted by Crippen LogP contribution is 2.36. The molecule has 4 nitrogen and oxygen atoms in total. The molecule has 110 valence electrons. The Kier molecular flexibility index (Phi) is 5.08. The molecule has 1 aliphatic carbocycles. The molecular weight excluding hydrogens is 240 g/mol. The molecule has 2 aliphatic rings. The zero-order valence-corrected chi connectivity index (χ0v) is 12.4. The first-order valence-electron chi connectivity index (χ1n) is 7.78. The minimum atomic E-state index is -0.149. The SMILES string of the molecule is CCOC(=O)N1CCC(NCC2(C)CCCC2)CC1. The number of carbonyl (C=O) groups is 1. The Morgan fingerprint density at radius 3 is 2.53 bits per heavy atom. The van der Waals surface area contributed by atoms with Gasteiger partial charge in [0, 0.05) is 25.7 Å². The second-order valence-electron chi connectivity index (χ2n) is 6.36. The first kappa shape index (κ1) is 14.6. The van der Waals surface area contributed by atoms with Crippen LogP contribution in [-0.2, 0) is 4.74 Å². The van der Waals surface area contributed by atoms with E-state index in [1.54, 1.807) is 0 Å². The third-order valence-electron chi connectivity index (χ3n) is 4.65. The summed E-state index contributed by atoms with van der Waals surface area (Å²) in [6.07, 6.45) is 7.45. The number of rotatable bonds is 4. The highest BCUT2D eigenvalue weighted by atomic mass is 16.6. The Bertz CT molecular complexity index is 293. The maximum Gasteiger partial charge on any atom is 0.409 e. The Hall–Kier alpha value is -0.770. The smallest absolute Gasteiger partial charge is 0.409 e. The van der Waals surface area contributed by atoms with Gasteiger partial charge in [0.05, 0.1) is 6.61 Å². The van der Waals surface area contributed by atoms with E-state index >= 15 is 0 Å². The molecule has 0 aromatic rings. The van der Waals surface area contributed by atoms with Crippen LogP contribution in [0.3, 0.4) is 0 Å². The molecule has 0 atom stereocenters. The lowest BCUT2D eigenvalue weighted by Gasteiger charge is -2.34. The molecule has 0 bridgehead atoms. The highest BCUT2D eigenvalue weighted by molar-refractivity contribution is 5.67. The molecule has 2 rings (SSSR count). The van der Waals surface area contributed by atoms with Crippen LogP contribution in [-0.4, -0.2) is 43.3 Å². The minimum Gasteiger partial charge on any atom is -0.450 e. The molecule has 19 heavy (non-hydrogen) atoms. The summed E-state index contributed by atoms with van der Waals surface area (Å²) in [5.41, 5.74) is 0.512. The van der Waals surface area contributed by atoms with Gasteiger partial charge in [-0.05, 0) is 38.0 Å². The zero-order chi connectivity index (χ0) is 13.7. The Labute approximate surface area is 116 Å². The van der Waals surface area contributed by atoms with Crippen molar-refractivity contribution in [2.75, 3.05) is 26.2 Å². The van der Waals surface area contributed by atoms with Crippen molar-refractivity contribution in [1.29, 1.82) is 0 Å². The quantitative estimate of drug-likeness (QED) is 0.852. The van der Waals surface area contributed by atoms with Gasteiger partial charge in [-0.25, -0.2) is 4.79 Å². The summed E-state index contributed by atoms with van der Waals surface area (Å²) in [6.45, 7) is 7.52. The van der Waals surface area contributed by atoms with E-state index in [0.29, 0.717) is 18.1 Å². The van der Waals surface area contributed by atoms with E-state index in [9.17, 15) is 4.79 Å². The summed E-state index contributed by atoms with van der Waals surface area (Å²) in [7, 11) is 0. The van der Waals surface area contributed by atoms with Gasteiger partial charge in [-0.15, -0.1) is 0 Å². The largest absolute Gasteiger partial charge is 0.450 e. The molecule has 0 spiro atoms. The molecule has 0 radical (unpaired) electrons. The molecule has 1 heterocycles. The van der Waals surface area contributed by atoms with Crippen molar-refractivity contribution < 1.29 is 9.53 Å². The summed E-state index contributed by atoms with van der Waals surface area (Å²) in [6, 6.07) is 0.572. The first-order chi connectivity index (χ1) is 9.13. The average Bonchev–Trinajstić information content (AvgIpc) is 2.85. The number of amides is 1. The summed E-state index contributed by atoms with van der Waals surface area (Å²) < 4.78 is 5.04. The van der Waals surface area contributed by atoms with Gasteiger partial charge in [0.2, 0.25) is 0 Å². The molecule has 1 saturated carbocycles. The van der Waals surface area contributed by atoms with Crippen molar-refractivity contribution in [3.8, 4) is 0 Å². The standard InChI is InChI=1S/C15H28N2O2/c1-3-19-14(18)17-10-6-13(7-11-17)16-12-15(2)8-4-5-9-15/h13,16H,3-12H2,1-2H3. The van der Waals surface area contributed by atoms with Crippen LogP contribution < -0.4 is 5.32 Å². The number of nitrogens with zero attached hydrogens (tertiary/aromatic N) is 1. The minimum absolute atomic E-state index is 0.149. The molecule has 0 aromatic carbocycles. The summed E-state index contributed by atoms with van der Waals surface area (Å²) in [4.78, 5) is 13.4. The fraction of sp³-hybridized carbons (Fsp3) is 0.933. The van der Waals surface area contributed by atoms with Crippen molar-refractivity contribution in [2.24, 2.45) is 5.41 Å². The summed E-state index contributed by atoms with van der Waals surface area (Å²) in [5.74, 6) is 0. The molecular formula is C15H28N2O2. The predicted molar refractivity (Wildman–Crippen MR) is 76.2 cm³/mol. The van der Waals surface area contributed by atoms with E-state index in [-0.39, 0.29) is 6.09 Å². The van der Waals surface area contributed by atoms with Crippen LogP contribution in [0.4, 0.5) is 4.79 Å². The molecule has 4 heteroatoms. The molecule has 0 aromatic heterocycles. The van der Waals surface area contributed by atoms with E-state index in [4.69, 9.17) is 4.74 Å². The molecule has 1 N–H and O–H groups in total. The Morgan fingerprint density at radius 1 is 1.32 bits per heavy atom. The van der Waals surface area contributed by atoms with Crippen molar-refractivity contribution in [2.45, 2.75) is 58.4 Å². The summed E-state index contributed by atoms with van der Waals surface area (Å²) in [5, 5.41) is 3.72. The van der Waals surface area contributed by atoms with E-state index in [1.165, 1.54) is 25.7 Å². The van der Waals surface area contributed by atoms with Gasteiger partial charge in [-0.1, -0.05) is 19.8 Å². The molecule has 1 amide bonds. The van der Waals surface area contributed by atoms with Crippen LogP contribution in [0, 0.1) is 5.41 Å². The highest BCUT2D eigenvalue weighted by Gasteiger charge is 2.30. The number of carbonyl (C=O) groups excluding carboxylic acids is 1. The lowest BCUT2D eigenvalue weighted by Crippen LogP contribution is -2.47. The van der Waals surface area contributed by atoms with Crippen LogP contribution in [0.1, 0.15) is 52.4 Å². The van der Waals surface area contributed by atoms with Gasteiger partial charge in [0.15, 0.2) is 0 Å². The average molecular weight is 268 g/mol. The van der Waals surface area contributed by atoms with Crippen molar-refractivity contribution in [1.82, 2.24) is 10.2 Å². The second kappa shape index (κ2) is 6.60. The summed E-state index contributed by atoms with van der Waals surface area (Å²) >= 11 is 0. The first-order valence-corrected chi connectivity index (χ1v) is 7.78. The zero-order valence-electron chi connectivity index (χ0n) is 12.4. The predicted octanol–water partition coefficient (Wildman–Crippen LogP) is 2.78. The van der Waals surface area contributed by atoms with Crippen LogP contribution in [0.2, 0.25) is 0 Å². The van der Waals surface area contributed by atoms with Crippen molar-refractivity contribution in [3.63, 3.8) is 0 Å². The lowest BCUT2D eigenvalue weighted by atomic mass is 9.88. The molecule has 1 saturated heterocycles. The molecule has 0 unspecified atom stereocenters. The van der Waals surface area contributed by atoms with E-state index in [1.807, 2.05) is 11.8 Å². The number of ether oxygens (including phenoxy) is 1. The van der Waals surface area contributed by atoms with Gasteiger partial charge in [0.25, 0.3) is 0 Å². The van der Waals surface area contributed by atoms with E-state index in [0.717, 1.165) is 32.5 Å². The number of hydrogen-bond acceptors (Lipinski definition) is 3. The monoisotopic (exact) mass is 268 g/mol. The van der Waals surface area contributed by atoms with Crippen molar-refractivity contribution in [3.05, 3.63) is 0 Å². The maximum absolute atomic E-state index is 11.6. The third-order valence-corrected chi connectivity index (χ3v) is 4.65. The van der Waals surface area contributed by atoms with Crippen LogP contribution >= 0.6 is 0 Å². The number of likely N-dealkylation sites (tertiary alicyclic amines) is 1. The fourth-order valence-corrected chi connectivity index (χ4v) is 3.28. The topological polar surface area (TPSA) is 41.6 Å². The van der Waals surface area contributed by atoms with Crippen LogP contribution in [0.15, 0.2) is 0 Å². The van der Waals surface area contributed by atoms with Gasteiger partial charge >= 0.3 is 6.09 Å². The van der Waals surface area contributed by atoms with Gasteiger partial charge in [-0.3, -0.25) is 0 Å². The van der Waals surface area contributed by atoms with E-state index in [2.05, 4.69) is 12.2 Å². The van der Waals surface area contributed by atoms with Gasteiger partial charge in [0.1, 0.15) is 0 Å². The maximum atomic E-state index is 11.6. The number of piperidine rings is 1. The van der Waals surface area contributed by atoms with Gasteiger partial charge < -0.3 is 15.0 Å². The van der Waals surface area contributed by atoms with Gasteiger partial charge in [-0.2, -0.15) is 0 Å². The number of nitrogens with one attached hydrogen (secondary N) is 1. The van der Waals surface area contributed by atoms with E-state index < -0.39 is 0 Å².